The Morgan fingerprint density at radius 2 is 1.73 bits per heavy atom. The number of hydrogen-bond acceptors (Lipinski definition) is 4. The molecule has 0 radical (unpaired) electrons. The average molecular weight is 373 g/mol. The minimum atomic E-state index is -3.90. The van der Waals surface area contributed by atoms with Crippen LogP contribution in [0.4, 0.5) is 5.69 Å². The predicted octanol–water partition coefficient (Wildman–Crippen LogP) is 3.01. The summed E-state index contributed by atoms with van der Waals surface area (Å²) in [4.78, 5) is 12.4. The lowest BCUT2D eigenvalue weighted by Crippen LogP contribution is -2.40. The van der Waals surface area contributed by atoms with Crippen molar-refractivity contribution in [1.29, 1.82) is 0 Å². The number of carbonyl (C=O) groups excluding carboxylic acids is 1. The number of benzene rings is 2. The SMILES string of the molecule is CC(C)=NNC(=O)CN(c1cc(C)ccc1C)S(=O)(=O)c1ccccc1. The van der Waals surface area contributed by atoms with Crippen molar-refractivity contribution in [1.82, 2.24) is 5.43 Å². The number of hydrazone groups is 1. The van der Waals surface area contributed by atoms with E-state index in [1.807, 2.05) is 26.0 Å². The van der Waals surface area contributed by atoms with Gasteiger partial charge >= 0.3 is 0 Å². The summed E-state index contributed by atoms with van der Waals surface area (Å²) in [6.45, 7) is 6.81. The maximum absolute atomic E-state index is 13.2. The predicted molar refractivity (Wildman–Crippen MR) is 104 cm³/mol. The first kappa shape index (κ1) is 19.7. The largest absolute Gasteiger partial charge is 0.271 e. The molecule has 7 heteroatoms. The van der Waals surface area contributed by atoms with Crippen LogP contribution in [0.15, 0.2) is 58.5 Å². The standard InChI is InChI=1S/C19H23N3O3S/c1-14(2)20-21-19(23)13-22(18-12-15(3)10-11-16(18)4)26(24,25)17-8-6-5-7-9-17/h5-12H,13H2,1-4H3,(H,21,23). The molecule has 0 aromatic heterocycles. The Bertz CT molecular complexity index is 918. The van der Waals surface area contributed by atoms with Gasteiger partial charge in [0.1, 0.15) is 6.54 Å². The van der Waals surface area contributed by atoms with Crippen LogP contribution in [0.3, 0.4) is 0 Å². The van der Waals surface area contributed by atoms with E-state index in [-0.39, 0.29) is 11.4 Å². The number of nitrogens with one attached hydrogen (secondary N) is 1. The highest BCUT2D eigenvalue weighted by atomic mass is 32.2. The number of aryl methyl sites for hydroxylation is 2. The topological polar surface area (TPSA) is 78.8 Å². The zero-order valence-electron chi connectivity index (χ0n) is 15.4. The molecule has 1 N–H and O–H groups in total. The summed E-state index contributed by atoms with van der Waals surface area (Å²) >= 11 is 0. The summed E-state index contributed by atoms with van der Waals surface area (Å²) < 4.78 is 27.5. The monoisotopic (exact) mass is 373 g/mol. The Balaban J connectivity index is 2.50. The number of nitrogens with zero attached hydrogens (tertiary/aromatic N) is 2. The van der Waals surface area contributed by atoms with Crippen LogP contribution in [0.5, 0.6) is 0 Å². The minimum Gasteiger partial charge on any atom is -0.271 e. The molecular formula is C19H23N3O3S. The summed E-state index contributed by atoms with van der Waals surface area (Å²) in [5, 5.41) is 3.86. The number of sulfonamides is 1. The minimum absolute atomic E-state index is 0.129. The lowest BCUT2D eigenvalue weighted by atomic mass is 10.1. The van der Waals surface area contributed by atoms with Gasteiger partial charge in [-0.1, -0.05) is 30.3 Å². The van der Waals surface area contributed by atoms with Gasteiger partial charge in [-0.15, -0.1) is 0 Å². The van der Waals surface area contributed by atoms with Gasteiger partial charge < -0.3 is 0 Å². The Kier molecular flexibility index (Phi) is 6.15. The molecule has 0 saturated heterocycles. The van der Waals surface area contributed by atoms with E-state index >= 15 is 0 Å². The Labute approximate surface area is 154 Å². The number of amides is 1. The molecule has 0 aliphatic heterocycles. The van der Waals surface area contributed by atoms with Crippen LogP contribution in [-0.2, 0) is 14.8 Å². The molecule has 0 aliphatic rings. The van der Waals surface area contributed by atoms with Crippen molar-refractivity contribution in [2.24, 2.45) is 5.10 Å². The van der Waals surface area contributed by atoms with E-state index in [1.165, 1.54) is 12.1 Å². The van der Waals surface area contributed by atoms with E-state index in [9.17, 15) is 13.2 Å². The van der Waals surface area contributed by atoms with Crippen LogP contribution in [-0.4, -0.2) is 26.6 Å². The molecule has 0 atom stereocenters. The van der Waals surface area contributed by atoms with E-state index in [4.69, 9.17) is 0 Å². The van der Waals surface area contributed by atoms with Crippen molar-refractivity contribution in [3.05, 3.63) is 59.7 Å². The second kappa shape index (κ2) is 8.14. The highest BCUT2D eigenvalue weighted by molar-refractivity contribution is 7.92. The van der Waals surface area contributed by atoms with Crippen molar-refractivity contribution in [2.45, 2.75) is 32.6 Å². The van der Waals surface area contributed by atoms with Crippen LogP contribution in [0.25, 0.3) is 0 Å². The fourth-order valence-corrected chi connectivity index (χ4v) is 3.85. The molecule has 138 valence electrons. The molecular weight excluding hydrogens is 350 g/mol. The molecule has 0 bridgehead atoms. The van der Waals surface area contributed by atoms with Gasteiger partial charge in [0.15, 0.2) is 0 Å². The van der Waals surface area contributed by atoms with Gasteiger partial charge in [-0.3, -0.25) is 9.10 Å². The van der Waals surface area contributed by atoms with Crippen molar-refractivity contribution >= 4 is 27.3 Å². The van der Waals surface area contributed by atoms with Crippen LogP contribution in [0, 0.1) is 13.8 Å². The molecule has 0 saturated carbocycles. The van der Waals surface area contributed by atoms with Crippen LogP contribution < -0.4 is 9.73 Å². The molecule has 0 heterocycles. The van der Waals surface area contributed by atoms with Gasteiger partial charge in [-0.05, 0) is 57.0 Å². The van der Waals surface area contributed by atoms with Crippen LogP contribution >= 0.6 is 0 Å². The van der Waals surface area contributed by atoms with E-state index in [1.54, 1.807) is 38.1 Å². The third-order valence-electron chi connectivity index (χ3n) is 3.66. The summed E-state index contributed by atoms with van der Waals surface area (Å²) in [7, 11) is -3.90. The highest BCUT2D eigenvalue weighted by Gasteiger charge is 2.28. The maximum Gasteiger partial charge on any atom is 0.264 e. The summed E-state index contributed by atoms with van der Waals surface area (Å²) in [5.41, 5.74) is 5.19. The molecule has 2 rings (SSSR count). The molecule has 0 aliphatic carbocycles. The summed E-state index contributed by atoms with van der Waals surface area (Å²) in [6.07, 6.45) is 0. The maximum atomic E-state index is 13.2. The Morgan fingerprint density at radius 3 is 2.35 bits per heavy atom. The zero-order chi connectivity index (χ0) is 19.3. The first-order chi connectivity index (χ1) is 12.2. The molecule has 2 aromatic carbocycles. The Hall–Kier alpha value is -2.67. The van der Waals surface area contributed by atoms with Crippen molar-refractivity contribution in [3.63, 3.8) is 0 Å². The molecule has 6 nitrogen and oxygen atoms in total. The molecule has 0 spiro atoms. The molecule has 0 unspecified atom stereocenters. The molecule has 1 amide bonds. The number of rotatable bonds is 6. The van der Waals surface area contributed by atoms with Gasteiger partial charge in [0.2, 0.25) is 0 Å². The van der Waals surface area contributed by atoms with Crippen molar-refractivity contribution < 1.29 is 13.2 Å². The zero-order valence-corrected chi connectivity index (χ0v) is 16.2. The second-order valence-corrected chi connectivity index (χ2v) is 8.07. The third-order valence-corrected chi connectivity index (χ3v) is 5.43. The lowest BCUT2D eigenvalue weighted by molar-refractivity contribution is -0.119. The second-order valence-electron chi connectivity index (χ2n) is 6.21. The first-order valence-electron chi connectivity index (χ1n) is 8.16. The van der Waals surface area contributed by atoms with Gasteiger partial charge in [0.25, 0.3) is 15.9 Å². The fraction of sp³-hybridized carbons (Fsp3) is 0.263. The molecule has 0 fully saturated rings. The van der Waals surface area contributed by atoms with Crippen LogP contribution in [0.1, 0.15) is 25.0 Å². The van der Waals surface area contributed by atoms with Crippen LogP contribution in [0.2, 0.25) is 0 Å². The number of anilines is 1. The number of hydrogen-bond donors (Lipinski definition) is 1. The fourth-order valence-electron chi connectivity index (χ4n) is 2.35. The van der Waals surface area contributed by atoms with Crippen molar-refractivity contribution in [3.8, 4) is 0 Å². The van der Waals surface area contributed by atoms with Crippen molar-refractivity contribution in [2.75, 3.05) is 10.8 Å². The van der Waals surface area contributed by atoms with E-state index in [0.717, 1.165) is 15.4 Å². The average Bonchev–Trinajstić information content (AvgIpc) is 2.60. The summed E-state index contributed by atoms with van der Waals surface area (Å²) in [6, 6.07) is 13.6. The lowest BCUT2D eigenvalue weighted by Gasteiger charge is -2.25. The van der Waals surface area contributed by atoms with E-state index < -0.39 is 15.9 Å². The molecule has 2 aromatic rings. The number of carbonyl (C=O) groups is 1. The van der Waals surface area contributed by atoms with Gasteiger partial charge in [0.05, 0.1) is 10.6 Å². The highest BCUT2D eigenvalue weighted by Crippen LogP contribution is 2.27. The van der Waals surface area contributed by atoms with E-state index in [0.29, 0.717) is 11.4 Å². The Morgan fingerprint density at radius 1 is 1.08 bits per heavy atom. The smallest absolute Gasteiger partial charge is 0.264 e. The summed E-state index contributed by atoms with van der Waals surface area (Å²) in [5.74, 6) is -0.508. The first-order valence-corrected chi connectivity index (χ1v) is 9.60. The van der Waals surface area contributed by atoms with Gasteiger partial charge in [0, 0.05) is 5.71 Å². The van der Waals surface area contributed by atoms with Gasteiger partial charge in [-0.25, -0.2) is 13.8 Å². The normalized spacial score (nSPS) is 10.9. The van der Waals surface area contributed by atoms with Gasteiger partial charge in [-0.2, -0.15) is 5.10 Å². The molecule has 26 heavy (non-hydrogen) atoms. The quantitative estimate of drug-likeness (QED) is 0.624. The van der Waals surface area contributed by atoms with E-state index in [2.05, 4.69) is 10.5 Å². The third kappa shape index (κ3) is 4.70.